The highest BCUT2D eigenvalue weighted by Crippen LogP contribution is 2.67. The van der Waals surface area contributed by atoms with Crippen LogP contribution in [0.15, 0.2) is 54.6 Å². The number of carbonyl (C=O) groups excluding carboxylic acids is 5. The molecule has 1 heterocycles. The van der Waals surface area contributed by atoms with Gasteiger partial charge in [-0.25, -0.2) is 4.79 Å². The van der Waals surface area contributed by atoms with Crippen molar-refractivity contribution >= 4 is 29.7 Å². The molecule has 1 aliphatic heterocycles. The van der Waals surface area contributed by atoms with Gasteiger partial charge in [-0.3, -0.25) is 19.2 Å². The number of hydrogen-bond donors (Lipinski definition) is 0. The minimum absolute atomic E-state index is 0.141. The molecule has 2 bridgehead atoms. The first-order chi connectivity index (χ1) is 21.8. The molecule has 3 aliphatic carbocycles. The number of ether oxygens (including phenoxy) is 5. The van der Waals surface area contributed by atoms with E-state index in [2.05, 4.69) is 6.58 Å². The number of halogens is 3. The van der Waals surface area contributed by atoms with Gasteiger partial charge in [0.2, 0.25) is 0 Å². The maximum absolute atomic E-state index is 14.8. The zero-order valence-electron chi connectivity index (χ0n) is 26.8. The second kappa shape index (κ2) is 11.3. The molecule has 0 amide bonds. The average molecular weight is 663 g/mol. The van der Waals surface area contributed by atoms with Gasteiger partial charge in [-0.2, -0.15) is 13.2 Å². The molecule has 254 valence electrons. The molecule has 10 atom stereocenters. The number of allylic oxidation sites excluding steroid dienone is 2. The zero-order chi connectivity index (χ0) is 34.9. The predicted molar refractivity (Wildman–Crippen MR) is 156 cm³/mol. The Morgan fingerprint density at radius 1 is 0.979 bits per heavy atom. The minimum Gasteiger partial charge on any atom is -0.462 e. The highest BCUT2D eigenvalue weighted by molar-refractivity contribution is 6.00. The molecule has 1 saturated heterocycles. The monoisotopic (exact) mass is 662 g/mol. The molecule has 13 heteroatoms. The Morgan fingerprint density at radius 2 is 1.60 bits per heavy atom. The molecule has 47 heavy (non-hydrogen) atoms. The summed E-state index contributed by atoms with van der Waals surface area (Å²) in [5.74, 6) is -6.87. The third kappa shape index (κ3) is 4.83. The molecule has 0 spiro atoms. The predicted octanol–water partition coefficient (Wildman–Crippen LogP) is 4.55. The van der Waals surface area contributed by atoms with E-state index in [1.165, 1.54) is 38.1 Å². The van der Waals surface area contributed by atoms with E-state index in [1.54, 1.807) is 13.0 Å². The van der Waals surface area contributed by atoms with Crippen LogP contribution in [-0.2, 0) is 53.3 Å². The van der Waals surface area contributed by atoms with E-state index in [1.807, 2.05) is 6.92 Å². The van der Waals surface area contributed by atoms with Gasteiger partial charge in [0, 0.05) is 37.4 Å². The largest absolute Gasteiger partial charge is 0.462 e. The average Bonchev–Trinajstić information content (AvgIpc) is 3.17. The van der Waals surface area contributed by atoms with Crippen LogP contribution in [0, 0.1) is 28.1 Å². The standard InChI is InChI=1S/C34H37F3O10/c1-8-30(4)16-19-14-22(40)25-31(5,21(19)15-23(30)44-17(2)38)26(45-18(3)39)24-27(32(25,6)28(41)46-24)47-29(42)33(43-7,34(35,36)37)20-12-10-9-11-13-20/h8-14,21,23-27H,1,15-16H2,2-7H3/t21-,23+,24-,25+,26-,27-,30-,31+,32+,33+/m1/s1. The van der Waals surface area contributed by atoms with Gasteiger partial charge >= 0.3 is 30.1 Å². The van der Waals surface area contributed by atoms with Crippen molar-refractivity contribution in [2.24, 2.45) is 28.1 Å². The zero-order valence-corrected chi connectivity index (χ0v) is 26.8. The third-order valence-corrected chi connectivity index (χ3v) is 10.8. The van der Waals surface area contributed by atoms with Gasteiger partial charge in [-0.15, -0.1) is 6.58 Å². The van der Waals surface area contributed by atoms with Crippen LogP contribution in [0.3, 0.4) is 0 Å². The maximum atomic E-state index is 14.8. The smallest absolute Gasteiger partial charge is 0.432 e. The fraction of sp³-hybridized carbons (Fsp3) is 0.559. The van der Waals surface area contributed by atoms with Gasteiger partial charge < -0.3 is 23.7 Å². The summed E-state index contributed by atoms with van der Waals surface area (Å²) in [6.07, 6.45) is -7.48. The fourth-order valence-corrected chi connectivity index (χ4v) is 8.56. The molecule has 0 N–H and O–H groups in total. The molecule has 5 rings (SSSR count). The van der Waals surface area contributed by atoms with Crippen molar-refractivity contribution in [3.63, 3.8) is 0 Å². The number of hydrogen-bond acceptors (Lipinski definition) is 10. The summed E-state index contributed by atoms with van der Waals surface area (Å²) in [6.45, 7) is 11.0. The lowest BCUT2D eigenvalue weighted by molar-refractivity contribution is -0.284. The number of ketones is 1. The summed E-state index contributed by atoms with van der Waals surface area (Å²) in [4.78, 5) is 66.5. The van der Waals surface area contributed by atoms with E-state index in [4.69, 9.17) is 23.7 Å². The Balaban J connectivity index is 1.66. The van der Waals surface area contributed by atoms with E-state index in [9.17, 15) is 37.1 Å². The van der Waals surface area contributed by atoms with E-state index in [0.717, 1.165) is 19.1 Å². The molecule has 2 saturated carbocycles. The van der Waals surface area contributed by atoms with Crippen LogP contribution in [0.1, 0.15) is 53.0 Å². The summed E-state index contributed by atoms with van der Waals surface area (Å²) in [5.41, 5.74) is -7.74. The molecule has 10 nitrogen and oxygen atoms in total. The van der Waals surface area contributed by atoms with Crippen LogP contribution in [0.5, 0.6) is 0 Å². The van der Waals surface area contributed by atoms with Crippen molar-refractivity contribution in [3.05, 3.63) is 60.2 Å². The first-order valence-electron chi connectivity index (χ1n) is 15.1. The van der Waals surface area contributed by atoms with E-state index in [0.29, 0.717) is 12.7 Å². The highest BCUT2D eigenvalue weighted by Gasteiger charge is 2.79. The van der Waals surface area contributed by atoms with Gasteiger partial charge in [-0.05, 0) is 31.8 Å². The highest BCUT2D eigenvalue weighted by atomic mass is 19.4. The lowest BCUT2D eigenvalue weighted by Gasteiger charge is -2.60. The molecule has 1 aromatic carbocycles. The number of methoxy groups -OCH3 is 1. The Labute approximate surface area is 269 Å². The molecule has 0 radical (unpaired) electrons. The topological polar surface area (TPSA) is 132 Å². The molecular weight excluding hydrogens is 625 g/mol. The Kier molecular flexibility index (Phi) is 8.26. The van der Waals surface area contributed by atoms with Crippen LogP contribution in [-0.4, -0.2) is 67.4 Å². The number of alkyl halides is 3. The Morgan fingerprint density at radius 3 is 2.13 bits per heavy atom. The number of fused-ring (bicyclic) bond motifs is 6. The fourth-order valence-electron chi connectivity index (χ4n) is 8.56. The van der Waals surface area contributed by atoms with E-state index in [-0.39, 0.29) is 12.8 Å². The summed E-state index contributed by atoms with van der Waals surface area (Å²) in [5, 5.41) is 0. The van der Waals surface area contributed by atoms with Crippen LogP contribution >= 0.6 is 0 Å². The molecule has 1 aromatic rings. The molecular formula is C34H37F3O10. The second-order valence-corrected chi connectivity index (χ2v) is 13.5. The SMILES string of the molecule is C=C[C@]1(C)CC2=CC(=O)[C@@H]3[C@]4(C)C(=O)O[C@@H]([C@H]4OC(=O)[C@@](OC)(c4ccccc4)C(F)(F)F)[C@@H](OC(C)=O)[C@@]3(C)[C@@H]2C[C@@H]1OC(C)=O. The van der Waals surface area contributed by atoms with Crippen molar-refractivity contribution in [1.29, 1.82) is 0 Å². The van der Waals surface area contributed by atoms with Crippen LogP contribution in [0.25, 0.3) is 0 Å². The quantitative estimate of drug-likeness (QED) is 0.233. The Bertz CT molecular complexity index is 1550. The lowest BCUT2D eigenvalue weighted by atomic mass is 9.43. The van der Waals surface area contributed by atoms with Crippen LogP contribution < -0.4 is 0 Å². The summed E-state index contributed by atoms with van der Waals surface area (Å²) < 4.78 is 72.1. The maximum Gasteiger partial charge on any atom is 0.432 e. The van der Waals surface area contributed by atoms with Gasteiger partial charge in [0.05, 0.1) is 5.92 Å². The molecule has 4 aliphatic rings. The normalized spacial score (nSPS) is 37.3. The van der Waals surface area contributed by atoms with Gasteiger partial charge in [0.15, 0.2) is 18.0 Å². The molecule has 3 fully saturated rings. The van der Waals surface area contributed by atoms with Crippen LogP contribution in [0.2, 0.25) is 0 Å². The summed E-state index contributed by atoms with van der Waals surface area (Å²) >= 11 is 0. The van der Waals surface area contributed by atoms with Crippen molar-refractivity contribution in [2.75, 3.05) is 7.11 Å². The van der Waals surface area contributed by atoms with E-state index >= 15 is 0 Å². The number of benzene rings is 1. The van der Waals surface area contributed by atoms with Gasteiger partial charge in [0.25, 0.3) is 5.60 Å². The third-order valence-electron chi connectivity index (χ3n) is 10.8. The first kappa shape index (κ1) is 34.3. The second-order valence-electron chi connectivity index (χ2n) is 13.5. The van der Waals surface area contributed by atoms with E-state index < -0.39 is 99.5 Å². The summed E-state index contributed by atoms with van der Waals surface area (Å²) in [7, 11) is 0.704. The van der Waals surface area contributed by atoms with Crippen LogP contribution in [0.4, 0.5) is 13.2 Å². The number of carbonyl (C=O) groups is 5. The lowest BCUT2D eigenvalue weighted by Crippen LogP contribution is -2.70. The van der Waals surface area contributed by atoms with Crippen molar-refractivity contribution < 1.29 is 60.8 Å². The van der Waals surface area contributed by atoms with Crippen molar-refractivity contribution in [1.82, 2.24) is 0 Å². The molecule has 0 aromatic heterocycles. The van der Waals surface area contributed by atoms with Crippen molar-refractivity contribution in [2.45, 2.75) is 83.7 Å². The van der Waals surface area contributed by atoms with Crippen molar-refractivity contribution in [3.8, 4) is 0 Å². The minimum atomic E-state index is -5.33. The van der Waals surface area contributed by atoms with Gasteiger partial charge in [-0.1, -0.05) is 55.8 Å². The number of rotatable bonds is 7. The van der Waals surface area contributed by atoms with Gasteiger partial charge in [0.1, 0.15) is 17.6 Å². The first-order valence-corrected chi connectivity index (χ1v) is 15.1. The number of esters is 4. The summed E-state index contributed by atoms with van der Waals surface area (Å²) in [6, 6.07) is 6.13. The molecule has 0 unspecified atom stereocenters. The Hall–Kier alpha value is -4.00.